The lowest BCUT2D eigenvalue weighted by atomic mass is 9.66. The van der Waals surface area contributed by atoms with E-state index in [4.69, 9.17) is 19.7 Å². The van der Waals surface area contributed by atoms with E-state index in [-0.39, 0.29) is 0 Å². The molecule has 3 aromatic heterocycles. The zero-order valence-corrected chi connectivity index (χ0v) is 34.5. The predicted molar refractivity (Wildman–Crippen MR) is 255 cm³/mol. The van der Waals surface area contributed by atoms with Crippen LogP contribution in [0.15, 0.2) is 212 Å². The molecular weight excluding hydrogens is 771 g/mol. The summed E-state index contributed by atoms with van der Waals surface area (Å²) in [6.45, 7) is 5.72. The lowest BCUT2D eigenvalue weighted by molar-refractivity contribution is 0.437. The summed E-state index contributed by atoms with van der Waals surface area (Å²) in [7, 11) is 0. The standard InChI is InChI=1S/C57H39N5O/c1-3-15-41(35-58-2)50-30-43(31-51(60-50)42-20-14-29-59-36-42)39-25-27-48-54(32-39)63-55-33-40(26-28-49(55)57(48)46-23-12-10-21-44(46)45-22-11-13-24-47(45)57)56-61-52(37-16-6-4-7-17-37)34-53(62-56)38-18-8-5-9-19-38/h3-36H,2H2,1H3/b15-3-,41-35+. The van der Waals surface area contributed by atoms with Gasteiger partial charge in [0, 0.05) is 57.5 Å². The smallest absolute Gasteiger partial charge is 0.160 e. The van der Waals surface area contributed by atoms with Crippen LogP contribution in [0.25, 0.3) is 73.0 Å². The molecule has 6 nitrogen and oxygen atoms in total. The maximum atomic E-state index is 7.19. The molecule has 1 aliphatic carbocycles. The number of aromatic nitrogens is 4. The van der Waals surface area contributed by atoms with E-state index in [9.17, 15) is 0 Å². The van der Waals surface area contributed by atoms with E-state index in [1.165, 1.54) is 22.3 Å². The van der Waals surface area contributed by atoms with Crippen LogP contribution < -0.4 is 4.74 Å². The lowest BCUT2D eigenvalue weighted by Gasteiger charge is -2.39. The van der Waals surface area contributed by atoms with Gasteiger partial charge in [0.15, 0.2) is 5.82 Å². The van der Waals surface area contributed by atoms with Crippen molar-refractivity contribution in [3.63, 3.8) is 0 Å². The van der Waals surface area contributed by atoms with Crippen LogP contribution in [0.4, 0.5) is 0 Å². The Morgan fingerprint density at radius 1 is 0.524 bits per heavy atom. The molecule has 6 heteroatoms. The average molecular weight is 810 g/mol. The molecule has 0 unspecified atom stereocenters. The molecule has 2 aliphatic rings. The first kappa shape index (κ1) is 37.6. The second-order valence-corrected chi connectivity index (χ2v) is 15.7. The minimum atomic E-state index is -0.656. The molecule has 1 spiro atoms. The quantitative estimate of drug-likeness (QED) is 0.113. The highest BCUT2D eigenvalue weighted by molar-refractivity contribution is 5.90. The summed E-state index contributed by atoms with van der Waals surface area (Å²) in [6, 6.07) is 61.5. The van der Waals surface area contributed by atoms with Gasteiger partial charge in [0.25, 0.3) is 0 Å². The Bertz CT molecular complexity index is 3180. The van der Waals surface area contributed by atoms with Crippen LogP contribution in [0, 0.1) is 0 Å². The topological polar surface area (TPSA) is 73.2 Å². The SMILES string of the molecule is C=N/C=C(\C=C/C)c1cc(-c2ccc3c(c2)Oc2cc(-c4nc(-c5ccccc5)cc(-c5ccccc5)n4)ccc2C32c3ccccc3-c3ccccc32)cc(-c2cccnc2)n1. The van der Waals surface area contributed by atoms with E-state index in [0.717, 1.165) is 84.4 Å². The second-order valence-electron chi connectivity index (χ2n) is 15.7. The van der Waals surface area contributed by atoms with Gasteiger partial charge in [0.05, 0.1) is 28.2 Å². The Hall–Kier alpha value is -8.35. The molecule has 298 valence electrons. The third kappa shape index (κ3) is 6.39. The Morgan fingerprint density at radius 2 is 1.10 bits per heavy atom. The first-order chi connectivity index (χ1) is 31.1. The van der Waals surface area contributed by atoms with Crippen LogP contribution in [0.2, 0.25) is 0 Å². The number of rotatable bonds is 8. The zero-order chi connectivity index (χ0) is 42.3. The summed E-state index contributed by atoms with van der Waals surface area (Å²) in [5, 5.41) is 0. The van der Waals surface area contributed by atoms with Gasteiger partial charge in [-0.15, -0.1) is 0 Å². The molecule has 9 aromatic rings. The minimum absolute atomic E-state index is 0.619. The number of hydrogen-bond acceptors (Lipinski definition) is 6. The highest BCUT2D eigenvalue weighted by Crippen LogP contribution is 2.62. The maximum absolute atomic E-state index is 7.19. The van der Waals surface area contributed by atoms with Gasteiger partial charge in [0.1, 0.15) is 11.5 Å². The molecular formula is C57H39N5O. The molecule has 0 saturated heterocycles. The molecule has 0 amide bonds. The number of fused-ring (bicyclic) bond motifs is 9. The molecule has 6 aromatic carbocycles. The van der Waals surface area contributed by atoms with Crippen LogP contribution in [0.1, 0.15) is 34.9 Å². The molecule has 0 saturated carbocycles. The molecule has 0 N–H and O–H groups in total. The van der Waals surface area contributed by atoms with Gasteiger partial charge in [-0.25, -0.2) is 15.0 Å². The second kappa shape index (κ2) is 15.6. The van der Waals surface area contributed by atoms with Gasteiger partial charge in [0.2, 0.25) is 0 Å². The number of pyridine rings is 2. The molecule has 1 aliphatic heterocycles. The summed E-state index contributed by atoms with van der Waals surface area (Å²) >= 11 is 0. The first-order valence-corrected chi connectivity index (χ1v) is 21.0. The van der Waals surface area contributed by atoms with E-state index in [1.54, 1.807) is 12.4 Å². The third-order valence-electron chi connectivity index (χ3n) is 12.1. The fourth-order valence-corrected chi connectivity index (χ4v) is 9.30. The number of benzene rings is 6. The molecule has 11 rings (SSSR count). The fraction of sp³-hybridized carbons (Fsp3) is 0.0351. The third-order valence-corrected chi connectivity index (χ3v) is 12.1. The molecule has 0 radical (unpaired) electrons. The minimum Gasteiger partial charge on any atom is -0.457 e. The summed E-state index contributed by atoms with van der Waals surface area (Å²) in [5.41, 5.74) is 16.2. The Labute approximate surface area is 366 Å². The van der Waals surface area contributed by atoms with E-state index < -0.39 is 5.41 Å². The van der Waals surface area contributed by atoms with Crippen molar-refractivity contribution >= 4 is 12.3 Å². The number of ether oxygens (including phenoxy) is 1. The zero-order valence-electron chi connectivity index (χ0n) is 34.5. The fourth-order valence-electron chi connectivity index (χ4n) is 9.30. The molecule has 0 bridgehead atoms. The summed E-state index contributed by atoms with van der Waals surface area (Å²) in [4.78, 5) is 24.0. The van der Waals surface area contributed by atoms with Crippen LogP contribution in [0.3, 0.4) is 0 Å². The molecule has 0 atom stereocenters. The van der Waals surface area contributed by atoms with Crippen LogP contribution in [-0.2, 0) is 5.41 Å². The van der Waals surface area contributed by atoms with Crippen molar-refractivity contribution in [2.45, 2.75) is 12.3 Å². The summed E-state index contributed by atoms with van der Waals surface area (Å²) in [5.74, 6) is 2.14. The summed E-state index contributed by atoms with van der Waals surface area (Å²) < 4.78 is 7.19. The molecule has 63 heavy (non-hydrogen) atoms. The van der Waals surface area contributed by atoms with Gasteiger partial charge < -0.3 is 4.74 Å². The van der Waals surface area contributed by atoms with Crippen molar-refractivity contribution < 1.29 is 4.74 Å². The van der Waals surface area contributed by atoms with Gasteiger partial charge in [-0.2, -0.15) is 0 Å². The van der Waals surface area contributed by atoms with Gasteiger partial charge in [-0.3, -0.25) is 9.98 Å². The van der Waals surface area contributed by atoms with Crippen LogP contribution in [-0.4, -0.2) is 26.7 Å². The largest absolute Gasteiger partial charge is 0.457 e. The maximum Gasteiger partial charge on any atom is 0.160 e. The number of nitrogens with zero attached hydrogens (tertiary/aromatic N) is 5. The highest BCUT2D eigenvalue weighted by atomic mass is 16.5. The van der Waals surface area contributed by atoms with Crippen molar-refractivity contribution in [2.24, 2.45) is 4.99 Å². The average Bonchev–Trinajstić information content (AvgIpc) is 3.64. The number of hydrogen-bond donors (Lipinski definition) is 0. The monoisotopic (exact) mass is 809 g/mol. The van der Waals surface area contributed by atoms with Crippen molar-refractivity contribution in [3.05, 3.63) is 235 Å². The Morgan fingerprint density at radius 3 is 1.70 bits per heavy atom. The number of allylic oxidation sites excluding steroid dienone is 3. The van der Waals surface area contributed by atoms with Crippen molar-refractivity contribution in [2.75, 3.05) is 0 Å². The van der Waals surface area contributed by atoms with Gasteiger partial charge >= 0.3 is 0 Å². The van der Waals surface area contributed by atoms with Crippen molar-refractivity contribution in [1.82, 2.24) is 19.9 Å². The van der Waals surface area contributed by atoms with E-state index in [2.05, 4.69) is 144 Å². The first-order valence-electron chi connectivity index (χ1n) is 21.0. The van der Waals surface area contributed by atoms with E-state index in [0.29, 0.717) is 5.82 Å². The van der Waals surface area contributed by atoms with Gasteiger partial charge in [-0.05, 0) is 89.5 Å². The van der Waals surface area contributed by atoms with Crippen molar-refractivity contribution in [1.29, 1.82) is 0 Å². The normalized spacial score (nSPS) is 13.2. The Balaban J connectivity index is 1.13. The number of aliphatic imine (C=N–C) groups is 1. The van der Waals surface area contributed by atoms with Crippen molar-refractivity contribution in [3.8, 4) is 78.9 Å². The molecule has 0 fully saturated rings. The van der Waals surface area contributed by atoms with Crippen LogP contribution in [0.5, 0.6) is 11.5 Å². The summed E-state index contributed by atoms with van der Waals surface area (Å²) in [6.07, 6.45) is 9.33. The van der Waals surface area contributed by atoms with E-state index in [1.807, 2.05) is 73.8 Å². The Kier molecular flexibility index (Phi) is 9.32. The highest BCUT2D eigenvalue weighted by Gasteiger charge is 2.51. The van der Waals surface area contributed by atoms with E-state index >= 15 is 0 Å². The predicted octanol–water partition coefficient (Wildman–Crippen LogP) is 13.7. The lowest BCUT2D eigenvalue weighted by Crippen LogP contribution is -2.32. The van der Waals surface area contributed by atoms with Crippen LogP contribution >= 0.6 is 0 Å². The van der Waals surface area contributed by atoms with Gasteiger partial charge in [-0.1, -0.05) is 146 Å². The molecule has 4 heterocycles.